The molecule has 7 heteroatoms. The maximum atomic E-state index is 12.0. The predicted octanol–water partition coefficient (Wildman–Crippen LogP) is 4.30. The van der Waals surface area contributed by atoms with Crippen LogP contribution in [0.4, 0.5) is 0 Å². The van der Waals surface area contributed by atoms with Crippen LogP contribution in [-0.4, -0.2) is 27.1 Å². The molecular weight excluding hydrogens is 437 g/mol. The van der Waals surface area contributed by atoms with Gasteiger partial charge in [0.25, 0.3) is 0 Å². The fraction of sp³-hybridized carbons (Fsp3) is 0.267. The van der Waals surface area contributed by atoms with Crippen LogP contribution in [-0.2, 0) is 9.63 Å². The summed E-state index contributed by atoms with van der Waals surface area (Å²) in [6.45, 7) is 3.50. The molecule has 1 aromatic carbocycles. The van der Waals surface area contributed by atoms with E-state index in [1.165, 1.54) is 0 Å². The number of Topliss-reactive ketones (excluding diaryl/α,β-unsaturated/α-hetero) is 1. The van der Waals surface area contributed by atoms with Crippen molar-refractivity contribution in [2.45, 2.75) is 23.5 Å². The van der Waals surface area contributed by atoms with Crippen LogP contribution in [0.25, 0.3) is 0 Å². The third-order valence-electron chi connectivity index (χ3n) is 3.39. The molecule has 1 aliphatic carbocycles. The van der Waals surface area contributed by atoms with Gasteiger partial charge in [-0.2, -0.15) is 0 Å². The summed E-state index contributed by atoms with van der Waals surface area (Å²) in [5.74, 6) is -0.598. The van der Waals surface area contributed by atoms with Crippen LogP contribution in [0.2, 0.25) is 5.02 Å². The predicted molar refractivity (Wildman–Crippen MR) is 93.1 cm³/mol. The molecule has 1 aromatic rings. The summed E-state index contributed by atoms with van der Waals surface area (Å²) >= 11 is 12.5. The van der Waals surface area contributed by atoms with Crippen molar-refractivity contribution in [3.8, 4) is 0 Å². The third kappa shape index (κ3) is 3.50. The first kappa shape index (κ1) is 17.4. The van der Waals surface area contributed by atoms with E-state index in [2.05, 4.69) is 37.0 Å². The van der Waals surface area contributed by atoms with Gasteiger partial charge < -0.3 is 4.84 Å². The molecule has 0 fully saturated rings. The van der Waals surface area contributed by atoms with E-state index in [1.54, 1.807) is 38.1 Å². The Hall–Kier alpha value is -0.980. The molecule has 0 N–H and O–H groups in total. The van der Waals surface area contributed by atoms with Crippen LogP contribution in [0.15, 0.2) is 40.6 Å². The van der Waals surface area contributed by atoms with Gasteiger partial charge in [-0.15, -0.1) is 0 Å². The minimum atomic E-state index is -0.586. The molecule has 22 heavy (non-hydrogen) atoms. The number of hydrogen-bond acceptors (Lipinski definition) is 4. The van der Waals surface area contributed by atoms with Crippen LogP contribution >= 0.6 is 43.5 Å². The zero-order valence-corrected chi connectivity index (χ0v) is 15.7. The Labute approximate surface area is 149 Å². The number of oxime groups is 1. The molecule has 116 valence electrons. The number of ketones is 1. The topological polar surface area (TPSA) is 55.7 Å². The summed E-state index contributed by atoms with van der Waals surface area (Å²) < 4.78 is 0. The first-order valence-electron chi connectivity index (χ1n) is 6.38. The highest BCUT2D eigenvalue weighted by Gasteiger charge is 2.36. The van der Waals surface area contributed by atoms with Crippen LogP contribution in [0.3, 0.4) is 0 Å². The molecule has 2 unspecified atom stereocenters. The fourth-order valence-corrected chi connectivity index (χ4v) is 3.30. The molecule has 0 spiro atoms. The molecular formula is C15H12Br2ClNO3. The summed E-state index contributed by atoms with van der Waals surface area (Å²) in [4.78, 5) is 28.1. The lowest BCUT2D eigenvalue weighted by atomic mass is 9.91. The summed E-state index contributed by atoms with van der Waals surface area (Å²) in [7, 11) is 0. The molecule has 2 rings (SSSR count). The maximum absolute atomic E-state index is 12.0. The highest BCUT2D eigenvalue weighted by Crippen LogP contribution is 2.30. The van der Waals surface area contributed by atoms with Gasteiger partial charge in [0.1, 0.15) is 0 Å². The molecule has 0 aliphatic heterocycles. The number of hydrogen-bond donors (Lipinski definition) is 0. The first-order chi connectivity index (χ1) is 10.3. The van der Waals surface area contributed by atoms with Gasteiger partial charge in [0.2, 0.25) is 0 Å². The highest BCUT2D eigenvalue weighted by atomic mass is 79.9. The van der Waals surface area contributed by atoms with Gasteiger partial charge in [0.05, 0.1) is 20.9 Å². The summed E-state index contributed by atoms with van der Waals surface area (Å²) in [6.07, 6.45) is 0. The van der Waals surface area contributed by atoms with Crippen molar-refractivity contribution in [3.63, 3.8) is 0 Å². The SMILES string of the molecule is CC1=C(C)/C(=N/OC(=O)c2ccc(Cl)cc2)C(Br)C(Br)C1=O. The highest BCUT2D eigenvalue weighted by molar-refractivity contribution is 9.12. The minimum absolute atomic E-state index is 0.0117. The van der Waals surface area contributed by atoms with Gasteiger partial charge >= 0.3 is 5.97 Å². The number of carbonyl (C=O) groups excluding carboxylic acids is 2. The number of nitrogens with zero attached hydrogens (tertiary/aromatic N) is 1. The summed E-state index contributed by atoms with van der Waals surface area (Å²) in [5, 5.41) is 4.46. The summed E-state index contributed by atoms with van der Waals surface area (Å²) in [6, 6.07) is 6.31. The molecule has 0 saturated heterocycles. The number of alkyl halides is 2. The zero-order chi connectivity index (χ0) is 16.4. The first-order valence-corrected chi connectivity index (χ1v) is 8.59. The van der Waals surface area contributed by atoms with E-state index >= 15 is 0 Å². The van der Waals surface area contributed by atoms with E-state index in [-0.39, 0.29) is 10.6 Å². The number of carbonyl (C=O) groups is 2. The standard InChI is InChI=1S/C15H12Br2ClNO3/c1-7-8(2)14(20)12(17)11(16)13(7)19-22-15(21)9-3-5-10(18)6-4-9/h3-6,11-12H,1-2H3/b19-13-. The van der Waals surface area contributed by atoms with Crippen LogP contribution in [0.5, 0.6) is 0 Å². The van der Waals surface area contributed by atoms with Crippen molar-refractivity contribution in [3.05, 3.63) is 46.0 Å². The van der Waals surface area contributed by atoms with Crippen molar-refractivity contribution in [2.24, 2.45) is 5.16 Å². The minimum Gasteiger partial charge on any atom is -0.312 e. The lowest BCUT2D eigenvalue weighted by molar-refractivity contribution is -0.114. The van der Waals surface area contributed by atoms with Crippen LogP contribution in [0.1, 0.15) is 24.2 Å². The molecule has 0 amide bonds. The van der Waals surface area contributed by atoms with Gasteiger partial charge in [0.15, 0.2) is 5.78 Å². The second-order valence-electron chi connectivity index (χ2n) is 4.78. The Morgan fingerprint density at radius 1 is 1.14 bits per heavy atom. The van der Waals surface area contributed by atoms with Crippen molar-refractivity contribution in [1.29, 1.82) is 0 Å². The molecule has 0 radical (unpaired) electrons. The molecule has 0 aromatic heterocycles. The van der Waals surface area contributed by atoms with Crippen molar-refractivity contribution < 1.29 is 14.4 Å². The van der Waals surface area contributed by atoms with E-state index in [0.29, 0.717) is 27.4 Å². The lowest BCUT2D eigenvalue weighted by Crippen LogP contribution is -2.38. The largest absolute Gasteiger partial charge is 0.365 e. The van der Waals surface area contributed by atoms with Crippen LogP contribution in [0, 0.1) is 0 Å². The molecule has 0 heterocycles. The van der Waals surface area contributed by atoms with E-state index in [1.807, 2.05) is 0 Å². The number of rotatable bonds is 2. The van der Waals surface area contributed by atoms with Crippen molar-refractivity contribution >= 4 is 60.9 Å². The Kier molecular flexibility index (Phi) is 5.58. The van der Waals surface area contributed by atoms with E-state index in [0.717, 1.165) is 0 Å². The van der Waals surface area contributed by atoms with Gasteiger partial charge in [-0.3, -0.25) is 4.79 Å². The quantitative estimate of drug-likeness (QED) is 0.384. The third-order valence-corrected chi connectivity index (χ3v) is 6.26. The number of halogens is 3. The Morgan fingerprint density at radius 3 is 2.32 bits per heavy atom. The van der Waals surface area contributed by atoms with Gasteiger partial charge in [-0.05, 0) is 49.3 Å². The molecule has 2 atom stereocenters. The zero-order valence-electron chi connectivity index (χ0n) is 11.8. The molecule has 1 aliphatic rings. The molecule has 0 saturated carbocycles. The number of benzene rings is 1. The Morgan fingerprint density at radius 2 is 1.73 bits per heavy atom. The number of allylic oxidation sites excluding steroid dienone is 2. The fourth-order valence-electron chi connectivity index (χ4n) is 1.91. The van der Waals surface area contributed by atoms with Gasteiger partial charge in [0, 0.05) is 5.02 Å². The lowest BCUT2D eigenvalue weighted by Gasteiger charge is -2.25. The average Bonchev–Trinajstić information content (AvgIpc) is 2.51. The van der Waals surface area contributed by atoms with Crippen molar-refractivity contribution in [1.82, 2.24) is 0 Å². The normalized spacial score (nSPS) is 23.9. The van der Waals surface area contributed by atoms with E-state index < -0.39 is 10.8 Å². The Balaban J connectivity index is 2.23. The van der Waals surface area contributed by atoms with Crippen molar-refractivity contribution in [2.75, 3.05) is 0 Å². The molecule has 4 nitrogen and oxygen atoms in total. The Bertz CT molecular complexity index is 683. The smallest absolute Gasteiger partial charge is 0.312 e. The van der Waals surface area contributed by atoms with Gasteiger partial charge in [-0.25, -0.2) is 4.79 Å². The monoisotopic (exact) mass is 447 g/mol. The molecule has 0 bridgehead atoms. The summed E-state index contributed by atoms with van der Waals surface area (Å²) in [5.41, 5.74) is 2.16. The maximum Gasteiger partial charge on any atom is 0.365 e. The van der Waals surface area contributed by atoms with Gasteiger partial charge in [-0.1, -0.05) is 48.6 Å². The van der Waals surface area contributed by atoms with Crippen LogP contribution < -0.4 is 0 Å². The second-order valence-corrected chi connectivity index (χ2v) is 7.19. The van der Waals surface area contributed by atoms with E-state index in [4.69, 9.17) is 16.4 Å². The second kappa shape index (κ2) is 7.06. The average molecular weight is 450 g/mol. The van der Waals surface area contributed by atoms with E-state index in [9.17, 15) is 9.59 Å².